The number of hydrogen-bond acceptors (Lipinski definition) is 5. The number of nitrogens with one attached hydrogen (secondary N) is 1. The Morgan fingerprint density at radius 2 is 2.13 bits per heavy atom. The van der Waals surface area contributed by atoms with Crippen molar-refractivity contribution in [3.63, 3.8) is 0 Å². The van der Waals surface area contributed by atoms with Gasteiger partial charge in [0.2, 0.25) is 5.82 Å². The molecule has 0 atom stereocenters. The first kappa shape index (κ1) is 12.0. The predicted molar refractivity (Wildman–Crippen MR) is 57.7 cm³/mol. The van der Waals surface area contributed by atoms with Crippen molar-refractivity contribution in [2.75, 3.05) is 18.5 Å². The molecule has 1 aromatic rings. The van der Waals surface area contributed by atoms with E-state index in [0.717, 1.165) is 13.0 Å². The summed E-state index contributed by atoms with van der Waals surface area (Å²) in [4.78, 5) is 4.22. The van der Waals surface area contributed by atoms with Crippen LogP contribution in [-0.2, 0) is 10.3 Å². The van der Waals surface area contributed by atoms with E-state index < -0.39 is 5.60 Å². The highest BCUT2D eigenvalue weighted by Crippen LogP contribution is 2.22. The van der Waals surface area contributed by atoms with E-state index >= 15 is 0 Å². The van der Waals surface area contributed by atoms with Gasteiger partial charge < -0.3 is 14.6 Å². The molecule has 0 saturated carbocycles. The summed E-state index contributed by atoms with van der Waals surface area (Å²) in [5.74, 6) is 0.572. The van der Waals surface area contributed by atoms with Gasteiger partial charge in [-0.3, -0.25) is 0 Å². The summed E-state index contributed by atoms with van der Waals surface area (Å²) in [5, 5.41) is 6.92. The van der Waals surface area contributed by atoms with Gasteiger partial charge in [-0.05, 0) is 27.2 Å². The molecular formula is C10H19N3O2. The van der Waals surface area contributed by atoms with Crippen molar-refractivity contribution < 1.29 is 9.26 Å². The maximum Gasteiger partial charge on any atom is 0.321 e. The van der Waals surface area contributed by atoms with Gasteiger partial charge in [-0.2, -0.15) is 4.98 Å². The van der Waals surface area contributed by atoms with E-state index in [0.29, 0.717) is 18.4 Å². The Balaban J connectivity index is 2.66. The van der Waals surface area contributed by atoms with Crippen LogP contribution in [0.3, 0.4) is 0 Å². The second-order valence-corrected chi connectivity index (χ2v) is 3.79. The van der Waals surface area contributed by atoms with E-state index in [1.165, 1.54) is 0 Å². The number of anilines is 1. The SMILES string of the molecule is CCCNc1nc(C(C)(C)OCC)no1. The molecule has 0 aromatic carbocycles. The molecule has 1 heterocycles. The lowest BCUT2D eigenvalue weighted by molar-refractivity contribution is -0.0221. The molecule has 86 valence electrons. The van der Waals surface area contributed by atoms with Gasteiger partial charge in [-0.1, -0.05) is 12.1 Å². The molecule has 1 aromatic heterocycles. The van der Waals surface area contributed by atoms with Crippen LogP contribution in [0, 0.1) is 0 Å². The first-order chi connectivity index (χ1) is 7.10. The highest BCUT2D eigenvalue weighted by Gasteiger charge is 2.26. The summed E-state index contributed by atoms with van der Waals surface area (Å²) in [6.45, 7) is 9.32. The molecule has 5 nitrogen and oxygen atoms in total. The molecule has 1 N–H and O–H groups in total. The molecule has 0 unspecified atom stereocenters. The Morgan fingerprint density at radius 3 is 2.73 bits per heavy atom. The smallest absolute Gasteiger partial charge is 0.321 e. The Hall–Kier alpha value is -1.10. The summed E-state index contributed by atoms with van der Waals surface area (Å²) >= 11 is 0. The third-order valence-electron chi connectivity index (χ3n) is 2.00. The van der Waals surface area contributed by atoms with E-state index in [4.69, 9.17) is 9.26 Å². The average molecular weight is 213 g/mol. The minimum absolute atomic E-state index is 0.458. The highest BCUT2D eigenvalue weighted by atomic mass is 16.5. The van der Waals surface area contributed by atoms with Crippen LogP contribution in [-0.4, -0.2) is 23.3 Å². The van der Waals surface area contributed by atoms with Gasteiger partial charge in [-0.25, -0.2) is 0 Å². The molecule has 0 spiro atoms. The number of ether oxygens (including phenoxy) is 1. The Kier molecular flexibility index (Phi) is 4.08. The van der Waals surface area contributed by atoms with Gasteiger partial charge in [0.1, 0.15) is 5.60 Å². The molecule has 0 saturated heterocycles. The maximum absolute atomic E-state index is 5.52. The lowest BCUT2D eigenvalue weighted by Gasteiger charge is -2.19. The van der Waals surface area contributed by atoms with Crippen molar-refractivity contribution in [3.8, 4) is 0 Å². The minimum atomic E-state index is -0.496. The third-order valence-corrected chi connectivity index (χ3v) is 2.00. The molecule has 0 aliphatic rings. The Labute approximate surface area is 90.2 Å². The molecule has 0 aliphatic carbocycles. The first-order valence-electron chi connectivity index (χ1n) is 5.32. The summed E-state index contributed by atoms with van der Waals surface area (Å²) in [6.07, 6.45) is 1.02. The number of rotatable bonds is 6. The second-order valence-electron chi connectivity index (χ2n) is 3.79. The molecule has 0 bridgehead atoms. The number of nitrogens with zero attached hydrogens (tertiary/aromatic N) is 2. The van der Waals surface area contributed by atoms with Crippen LogP contribution in [0.4, 0.5) is 6.01 Å². The summed E-state index contributed by atoms with van der Waals surface area (Å²) in [6, 6.07) is 0.458. The largest absolute Gasteiger partial charge is 0.368 e. The highest BCUT2D eigenvalue weighted by molar-refractivity contribution is 5.19. The number of hydrogen-bond donors (Lipinski definition) is 1. The lowest BCUT2D eigenvalue weighted by Crippen LogP contribution is -2.23. The Morgan fingerprint density at radius 1 is 1.40 bits per heavy atom. The maximum atomic E-state index is 5.52. The monoisotopic (exact) mass is 213 g/mol. The van der Waals surface area contributed by atoms with Crippen molar-refractivity contribution in [2.24, 2.45) is 0 Å². The fraction of sp³-hybridized carbons (Fsp3) is 0.800. The molecule has 0 fully saturated rings. The molecular weight excluding hydrogens is 194 g/mol. The zero-order chi connectivity index (χ0) is 11.3. The van der Waals surface area contributed by atoms with Crippen LogP contribution >= 0.6 is 0 Å². The molecule has 1 rings (SSSR count). The van der Waals surface area contributed by atoms with Crippen molar-refractivity contribution in [3.05, 3.63) is 5.82 Å². The predicted octanol–water partition coefficient (Wildman–Crippen LogP) is 2.16. The lowest BCUT2D eigenvalue weighted by atomic mass is 10.1. The van der Waals surface area contributed by atoms with Gasteiger partial charge in [0.05, 0.1) is 0 Å². The van der Waals surface area contributed by atoms with Gasteiger partial charge >= 0.3 is 6.01 Å². The van der Waals surface area contributed by atoms with Crippen molar-refractivity contribution in [1.82, 2.24) is 10.1 Å². The second kappa shape index (κ2) is 5.11. The zero-order valence-electron chi connectivity index (χ0n) is 9.83. The van der Waals surface area contributed by atoms with Crippen LogP contribution in [0.15, 0.2) is 4.52 Å². The fourth-order valence-electron chi connectivity index (χ4n) is 1.20. The van der Waals surface area contributed by atoms with Crippen LogP contribution in [0.25, 0.3) is 0 Å². The van der Waals surface area contributed by atoms with Crippen LogP contribution in [0.2, 0.25) is 0 Å². The van der Waals surface area contributed by atoms with Crippen LogP contribution in [0.5, 0.6) is 0 Å². The van der Waals surface area contributed by atoms with Gasteiger partial charge in [-0.15, -0.1) is 0 Å². The summed E-state index contributed by atoms with van der Waals surface area (Å²) < 4.78 is 10.6. The van der Waals surface area contributed by atoms with Gasteiger partial charge in [0.25, 0.3) is 0 Å². The van der Waals surface area contributed by atoms with Gasteiger partial charge in [0, 0.05) is 13.2 Å². The van der Waals surface area contributed by atoms with E-state index in [1.807, 2.05) is 20.8 Å². The number of aromatic nitrogens is 2. The third kappa shape index (κ3) is 3.20. The fourth-order valence-corrected chi connectivity index (χ4v) is 1.20. The van der Waals surface area contributed by atoms with Gasteiger partial charge in [0.15, 0.2) is 0 Å². The molecule has 15 heavy (non-hydrogen) atoms. The molecule has 0 aliphatic heterocycles. The van der Waals surface area contributed by atoms with Crippen molar-refractivity contribution in [1.29, 1.82) is 0 Å². The average Bonchev–Trinajstić information content (AvgIpc) is 2.63. The van der Waals surface area contributed by atoms with Crippen LogP contribution < -0.4 is 5.32 Å². The first-order valence-corrected chi connectivity index (χ1v) is 5.32. The van der Waals surface area contributed by atoms with E-state index in [9.17, 15) is 0 Å². The standard InChI is InChI=1S/C10H19N3O2/c1-5-7-11-9-12-8(13-15-9)10(3,4)14-6-2/h5-7H2,1-4H3,(H,11,12,13). The quantitative estimate of drug-likeness (QED) is 0.784. The van der Waals surface area contributed by atoms with E-state index in [1.54, 1.807) is 0 Å². The normalized spacial score (nSPS) is 11.7. The molecule has 5 heteroatoms. The topological polar surface area (TPSA) is 60.2 Å². The zero-order valence-corrected chi connectivity index (χ0v) is 9.83. The van der Waals surface area contributed by atoms with E-state index in [2.05, 4.69) is 22.4 Å². The molecule has 0 amide bonds. The molecule has 0 radical (unpaired) electrons. The Bertz CT molecular complexity index is 297. The van der Waals surface area contributed by atoms with Crippen molar-refractivity contribution in [2.45, 2.75) is 39.7 Å². The van der Waals surface area contributed by atoms with Crippen molar-refractivity contribution >= 4 is 6.01 Å². The summed E-state index contributed by atoms with van der Waals surface area (Å²) in [5.41, 5.74) is -0.496. The minimum Gasteiger partial charge on any atom is -0.368 e. The summed E-state index contributed by atoms with van der Waals surface area (Å²) in [7, 11) is 0. The van der Waals surface area contributed by atoms with E-state index in [-0.39, 0.29) is 0 Å². The van der Waals surface area contributed by atoms with Crippen LogP contribution in [0.1, 0.15) is 39.9 Å².